The van der Waals surface area contributed by atoms with Gasteiger partial charge >= 0.3 is 5.97 Å². The molecule has 0 aliphatic heterocycles. The molecule has 4 rings (SSSR count). The summed E-state index contributed by atoms with van der Waals surface area (Å²) in [7, 11) is 0. The van der Waals surface area contributed by atoms with Crippen molar-refractivity contribution >= 4 is 22.8 Å². The second kappa shape index (κ2) is 8.60. The van der Waals surface area contributed by atoms with E-state index < -0.39 is 12.0 Å². The molecule has 1 aromatic heterocycles. The van der Waals surface area contributed by atoms with Crippen molar-refractivity contribution in [1.29, 1.82) is 0 Å². The van der Waals surface area contributed by atoms with Crippen molar-refractivity contribution < 1.29 is 14.7 Å². The van der Waals surface area contributed by atoms with Crippen molar-refractivity contribution in [2.45, 2.75) is 83.2 Å². The van der Waals surface area contributed by atoms with E-state index in [-0.39, 0.29) is 11.9 Å². The van der Waals surface area contributed by atoms with Gasteiger partial charge < -0.3 is 15.0 Å². The molecule has 0 bridgehead atoms. The van der Waals surface area contributed by atoms with Crippen LogP contribution in [0.4, 0.5) is 0 Å². The Morgan fingerprint density at radius 3 is 2.69 bits per heavy atom. The SMILES string of the molecule is CCC(C(=O)O)n1c2c(c3ccccc31)C[C@@H](NC(=O)CCC1CCCC1)CC2. The highest BCUT2D eigenvalue weighted by atomic mass is 16.4. The lowest BCUT2D eigenvalue weighted by Gasteiger charge is -2.26. The maximum atomic E-state index is 12.5. The minimum Gasteiger partial charge on any atom is -0.480 e. The largest absolute Gasteiger partial charge is 0.480 e. The number of nitrogens with zero attached hydrogens (tertiary/aromatic N) is 1. The first-order valence-electron chi connectivity index (χ1n) is 11.2. The van der Waals surface area contributed by atoms with Gasteiger partial charge in [-0.25, -0.2) is 4.79 Å². The highest BCUT2D eigenvalue weighted by Gasteiger charge is 2.30. The monoisotopic (exact) mass is 396 g/mol. The highest BCUT2D eigenvalue weighted by molar-refractivity contribution is 5.88. The van der Waals surface area contributed by atoms with E-state index in [0.29, 0.717) is 12.8 Å². The predicted octanol–water partition coefficient (Wildman–Crippen LogP) is 4.62. The van der Waals surface area contributed by atoms with E-state index in [1.54, 1.807) is 0 Å². The summed E-state index contributed by atoms with van der Waals surface area (Å²) in [5.74, 6) is 0.128. The Labute approximate surface area is 172 Å². The van der Waals surface area contributed by atoms with E-state index in [4.69, 9.17) is 0 Å². The van der Waals surface area contributed by atoms with Crippen LogP contribution in [0.15, 0.2) is 24.3 Å². The van der Waals surface area contributed by atoms with Gasteiger partial charge in [0.25, 0.3) is 0 Å². The Balaban J connectivity index is 1.51. The summed E-state index contributed by atoms with van der Waals surface area (Å²) in [6.07, 6.45) is 9.86. The molecule has 1 unspecified atom stereocenters. The molecule has 1 aromatic carbocycles. The molecule has 1 fully saturated rings. The number of rotatable bonds is 7. The number of nitrogens with one attached hydrogen (secondary N) is 1. The number of hydrogen-bond donors (Lipinski definition) is 2. The minimum absolute atomic E-state index is 0.141. The maximum absolute atomic E-state index is 12.5. The van der Waals surface area contributed by atoms with Gasteiger partial charge in [0.05, 0.1) is 0 Å². The third kappa shape index (κ3) is 4.05. The van der Waals surface area contributed by atoms with Crippen molar-refractivity contribution in [2.24, 2.45) is 5.92 Å². The molecule has 1 amide bonds. The van der Waals surface area contributed by atoms with E-state index in [1.165, 1.54) is 31.2 Å². The summed E-state index contributed by atoms with van der Waals surface area (Å²) in [5.41, 5.74) is 3.35. The number of carbonyl (C=O) groups is 2. The van der Waals surface area contributed by atoms with Crippen LogP contribution in [0.3, 0.4) is 0 Å². The first kappa shape index (κ1) is 20.0. The number of fused-ring (bicyclic) bond motifs is 3. The molecule has 2 aromatic rings. The topological polar surface area (TPSA) is 71.3 Å². The first-order valence-corrected chi connectivity index (χ1v) is 11.2. The van der Waals surface area contributed by atoms with Crippen molar-refractivity contribution in [3.8, 4) is 0 Å². The second-order valence-corrected chi connectivity index (χ2v) is 8.77. The average molecular weight is 397 g/mol. The van der Waals surface area contributed by atoms with Gasteiger partial charge in [-0.1, -0.05) is 50.8 Å². The summed E-state index contributed by atoms with van der Waals surface area (Å²) < 4.78 is 2.03. The van der Waals surface area contributed by atoms with Gasteiger partial charge in [-0.3, -0.25) is 4.79 Å². The summed E-state index contributed by atoms with van der Waals surface area (Å²) in [6.45, 7) is 1.93. The molecule has 29 heavy (non-hydrogen) atoms. The number of carbonyl (C=O) groups excluding carboxylic acids is 1. The zero-order valence-corrected chi connectivity index (χ0v) is 17.3. The van der Waals surface area contributed by atoms with Gasteiger partial charge in [-0.05, 0) is 49.7 Å². The van der Waals surface area contributed by atoms with E-state index in [1.807, 2.05) is 29.7 Å². The third-order valence-corrected chi connectivity index (χ3v) is 6.91. The first-order chi connectivity index (χ1) is 14.1. The molecular formula is C24H32N2O3. The molecule has 0 radical (unpaired) electrons. The molecule has 1 heterocycles. The van der Waals surface area contributed by atoms with Crippen molar-refractivity contribution in [3.05, 3.63) is 35.5 Å². The lowest BCUT2D eigenvalue weighted by atomic mass is 9.91. The van der Waals surface area contributed by atoms with Crippen molar-refractivity contribution in [1.82, 2.24) is 9.88 Å². The van der Waals surface area contributed by atoms with Crippen LogP contribution >= 0.6 is 0 Å². The molecule has 2 atom stereocenters. The van der Waals surface area contributed by atoms with Crippen LogP contribution in [0.5, 0.6) is 0 Å². The molecular weight excluding hydrogens is 364 g/mol. The fraction of sp³-hybridized carbons (Fsp3) is 0.583. The zero-order chi connectivity index (χ0) is 20.4. The van der Waals surface area contributed by atoms with Crippen LogP contribution in [-0.4, -0.2) is 27.6 Å². The highest BCUT2D eigenvalue weighted by Crippen LogP contribution is 2.35. The summed E-state index contributed by atoms with van der Waals surface area (Å²) in [5, 5.41) is 14.1. The van der Waals surface area contributed by atoms with Gasteiger partial charge in [0.15, 0.2) is 0 Å². The van der Waals surface area contributed by atoms with Crippen LogP contribution < -0.4 is 5.32 Å². The van der Waals surface area contributed by atoms with E-state index in [2.05, 4.69) is 11.4 Å². The summed E-state index contributed by atoms with van der Waals surface area (Å²) in [4.78, 5) is 24.4. The number of carboxylic acids is 1. The zero-order valence-electron chi connectivity index (χ0n) is 17.3. The summed E-state index contributed by atoms with van der Waals surface area (Å²) >= 11 is 0. The normalized spacial score (nSPS) is 20.5. The van der Waals surface area contributed by atoms with Crippen LogP contribution in [0.1, 0.15) is 75.6 Å². The Morgan fingerprint density at radius 2 is 1.97 bits per heavy atom. The van der Waals surface area contributed by atoms with Crippen molar-refractivity contribution in [3.63, 3.8) is 0 Å². The minimum atomic E-state index is -0.779. The number of amides is 1. The molecule has 2 aliphatic carbocycles. The number of aliphatic carboxylic acids is 1. The molecule has 156 valence electrons. The summed E-state index contributed by atoms with van der Waals surface area (Å²) in [6, 6.07) is 7.70. The number of hydrogen-bond acceptors (Lipinski definition) is 2. The Bertz CT molecular complexity index is 895. The number of benzene rings is 1. The molecule has 1 saturated carbocycles. The Kier molecular flexibility index (Phi) is 5.93. The fourth-order valence-electron chi connectivity index (χ4n) is 5.42. The Morgan fingerprint density at radius 1 is 1.21 bits per heavy atom. The van der Waals surface area contributed by atoms with Gasteiger partial charge in [-0.2, -0.15) is 0 Å². The molecule has 0 spiro atoms. The predicted molar refractivity (Wildman–Crippen MR) is 114 cm³/mol. The fourth-order valence-corrected chi connectivity index (χ4v) is 5.42. The van der Waals surface area contributed by atoms with Gasteiger partial charge in [0, 0.05) is 29.1 Å². The van der Waals surface area contributed by atoms with Crippen molar-refractivity contribution in [2.75, 3.05) is 0 Å². The second-order valence-electron chi connectivity index (χ2n) is 8.77. The third-order valence-electron chi connectivity index (χ3n) is 6.91. The smallest absolute Gasteiger partial charge is 0.326 e. The van der Waals surface area contributed by atoms with Gasteiger partial charge in [0.1, 0.15) is 6.04 Å². The van der Waals surface area contributed by atoms with Crippen LogP contribution in [-0.2, 0) is 22.4 Å². The Hall–Kier alpha value is -2.30. The molecule has 5 nitrogen and oxygen atoms in total. The van der Waals surface area contributed by atoms with Crippen LogP contribution in [0.25, 0.3) is 10.9 Å². The number of aromatic nitrogens is 1. The lowest BCUT2D eigenvalue weighted by Crippen LogP contribution is -2.39. The van der Waals surface area contributed by atoms with Crippen LogP contribution in [0.2, 0.25) is 0 Å². The molecule has 2 N–H and O–H groups in total. The van der Waals surface area contributed by atoms with Crippen LogP contribution in [0, 0.1) is 5.92 Å². The standard InChI is InChI=1S/C24H32N2O3/c1-2-20(24(28)29)26-21-10-6-5-9-18(21)19-15-17(12-13-22(19)26)25-23(27)14-11-16-7-3-4-8-16/h5-6,9-10,16-17,20H,2-4,7-8,11-15H2,1H3,(H,25,27)(H,28,29)/t17-,20?/m0/s1. The lowest BCUT2D eigenvalue weighted by molar-refractivity contribution is -0.141. The number of para-hydroxylation sites is 1. The quantitative estimate of drug-likeness (QED) is 0.717. The van der Waals surface area contributed by atoms with E-state index in [0.717, 1.165) is 48.2 Å². The maximum Gasteiger partial charge on any atom is 0.326 e. The molecule has 2 aliphatic rings. The van der Waals surface area contributed by atoms with Gasteiger partial charge in [0.2, 0.25) is 5.91 Å². The molecule has 5 heteroatoms. The van der Waals surface area contributed by atoms with E-state index >= 15 is 0 Å². The average Bonchev–Trinajstić information content (AvgIpc) is 3.34. The number of carboxylic acid groups (broad SMARTS) is 1. The van der Waals surface area contributed by atoms with E-state index in [9.17, 15) is 14.7 Å². The molecule has 0 saturated heterocycles. The van der Waals surface area contributed by atoms with Gasteiger partial charge in [-0.15, -0.1) is 0 Å².